The van der Waals surface area contributed by atoms with Gasteiger partial charge in [0.05, 0.1) is 0 Å². The Morgan fingerprint density at radius 3 is 1.96 bits per heavy atom. The van der Waals surface area contributed by atoms with Gasteiger partial charge in [-0.25, -0.2) is 0 Å². The molecule has 6 heteroatoms. The van der Waals surface area contributed by atoms with E-state index in [0.717, 1.165) is 4.46 Å². The van der Waals surface area contributed by atoms with E-state index in [1.54, 1.807) is 52.7 Å². The Balaban J connectivity index is 2.50. The fourth-order valence-corrected chi connectivity index (χ4v) is 3.64. The molecule has 0 aliphatic carbocycles. The van der Waals surface area contributed by atoms with E-state index in [-0.39, 0.29) is 20.7 Å². The number of hydrogen-bond acceptors (Lipinski definition) is 5. The van der Waals surface area contributed by atoms with Crippen molar-refractivity contribution in [2.24, 2.45) is 0 Å². The molecule has 2 aromatic rings. The van der Waals surface area contributed by atoms with Gasteiger partial charge >= 0.3 is 148 Å². The summed E-state index contributed by atoms with van der Waals surface area (Å²) in [7, 11) is 6.27. The molecule has 0 aliphatic heterocycles. The van der Waals surface area contributed by atoms with Crippen LogP contribution < -0.4 is 23.4 Å². The molecule has 0 atom stereocenters. The summed E-state index contributed by atoms with van der Waals surface area (Å²) in [4.78, 5) is 12.9. The predicted octanol–water partition coefficient (Wildman–Crippen LogP) is 2.33. The third kappa shape index (κ3) is 3.50. The molecule has 0 heterocycles. The SMILES string of the molecule is COc1ccc(C(=O)c2cc(OC)c(OC)c([Se]C)c2)cc1OC. The first-order valence-electron chi connectivity index (χ1n) is 7.16. The van der Waals surface area contributed by atoms with Gasteiger partial charge in [0.15, 0.2) is 0 Å². The zero-order valence-electron chi connectivity index (χ0n) is 14.3. The maximum absolute atomic E-state index is 12.9. The van der Waals surface area contributed by atoms with E-state index >= 15 is 0 Å². The van der Waals surface area contributed by atoms with Gasteiger partial charge in [0, 0.05) is 0 Å². The summed E-state index contributed by atoms with van der Waals surface area (Å²) >= 11 is 0.159. The Morgan fingerprint density at radius 1 is 0.792 bits per heavy atom. The van der Waals surface area contributed by atoms with Gasteiger partial charge in [0.2, 0.25) is 0 Å². The van der Waals surface area contributed by atoms with Crippen molar-refractivity contribution >= 4 is 25.2 Å². The minimum atomic E-state index is -0.109. The van der Waals surface area contributed by atoms with Crippen molar-refractivity contribution < 1.29 is 23.7 Å². The molecule has 0 saturated heterocycles. The summed E-state index contributed by atoms with van der Waals surface area (Å²) in [5.41, 5.74) is 1.08. The molecule has 0 saturated carbocycles. The summed E-state index contributed by atoms with van der Waals surface area (Å²) in [6.07, 6.45) is 0. The zero-order valence-corrected chi connectivity index (χ0v) is 16.0. The summed E-state index contributed by atoms with van der Waals surface area (Å²) < 4.78 is 22.2. The second-order valence-electron chi connectivity index (χ2n) is 4.81. The van der Waals surface area contributed by atoms with Crippen molar-refractivity contribution in [2.45, 2.75) is 5.82 Å². The van der Waals surface area contributed by atoms with Crippen LogP contribution in [0.25, 0.3) is 0 Å². The molecule has 0 spiro atoms. The van der Waals surface area contributed by atoms with E-state index in [1.807, 2.05) is 6.07 Å². The van der Waals surface area contributed by atoms with Crippen molar-refractivity contribution in [3.63, 3.8) is 0 Å². The van der Waals surface area contributed by atoms with E-state index in [1.165, 1.54) is 0 Å². The standard InChI is InChI=1S/C18H20O5Se/c1-20-13-7-6-11(8-14(13)21-2)17(19)12-9-15(22-3)18(23-4)16(10-12)24-5/h6-10H,1-5H3. The summed E-state index contributed by atoms with van der Waals surface area (Å²) in [5.74, 6) is 4.30. The molecule has 2 rings (SSSR count). The number of carbonyl (C=O) groups excluding carboxylic acids is 1. The fraction of sp³-hybridized carbons (Fsp3) is 0.278. The summed E-state index contributed by atoms with van der Waals surface area (Å²) in [6, 6.07) is 8.68. The first-order chi connectivity index (χ1) is 11.6. The molecule has 2 aromatic carbocycles. The molecule has 24 heavy (non-hydrogen) atoms. The average Bonchev–Trinajstić information content (AvgIpc) is 2.65. The van der Waals surface area contributed by atoms with Crippen LogP contribution in [0.3, 0.4) is 0 Å². The van der Waals surface area contributed by atoms with Gasteiger partial charge < -0.3 is 0 Å². The first-order valence-corrected chi connectivity index (χ1v) is 9.73. The number of carbonyl (C=O) groups is 1. The van der Waals surface area contributed by atoms with Gasteiger partial charge in [-0.3, -0.25) is 0 Å². The van der Waals surface area contributed by atoms with E-state index in [0.29, 0.717) is 34.1 Å². The van der Waals surface area contributed by atoms with Gasteiger partial charge in [0.1, 0.15) is 0 Å². The molecule has 5 nitrogen and oxygen atoms in total. The van der Waals surface area contributed by atoms with Crippen LogP contribution in [0.1, 0.15) is 15.9 Å². The third-order valence-electron chi connectivity index (χ3n) is 3.57. The van der Waals surface area contributed by atoms with Crippen molar-refractivity contribution in [3.05, 3.63) is 41.5 Å². The average molecular weight is 395 g/mol. The van der Waals surface area contributed by atoms with Crippen molar-refractivity contribution in [1.82, 2.24) is 0 Å². The maximum atomic E-state index is 12.9. The van der Waals surface area contributed by atoms with Gasteiger partial charge in [-0.15, -0.1) is 0 Å². The van der Waals surface area contributed by atoms with Crippen molar-refractivity contribution in [1.29, 1.82) is 0 Å². The Bertz CT molecular complexity index is 717. The second kappa shape index (κ2) is 8.08. The van der Waals surface area contributed by atoms with E-state index < -0.39 is 0 Å². The molecular weight excluding hydrogens is 375 g/mol. The molecule has 0 radical (unpaired) electrons. The third-order valence-corrected chi connectivity index (χ3v) is 5.13. The molecule has 0 aliphatic rings. The van der Waals surface area contributed by atoms with Crippen LogP contribution in [-0.4, -0.2) is 49.2 Å². The Labute approximate surface area is 148 Å². The molecule has 0 bridgehead atoms. The van der Waals surface area contributed by atoms with Crippen LogP contribution in [0.4, 0.5) is 0 Å². The molecule has 0 aromatic heterocycles. The van der Waals surface area contributed by atoms with E-state index in [4.69, 9.17) is 18.9 Å². The van der Waals surface area contributed by atoms with Gasteiger partial charge in [-0.05, 0) is 0 Å². The number of ether oxygens (including phenoxy) is 4. The number of benzene rings is 2. The second-order valence-corrected chi connectivity index (χ2v) is 6.59. The van der Waals surface area contributed by atoms with Crippen molar-refractivity contribution in [3.8, 4) is 23.0 Å². The van der Waals surface area contributed by atoms with E-state index in [2.05, 4.69) is 5.82 Å². The minimum absolute atomic E-state index is 0.109. The number of rotatable bonds is 7. The monoisotopic (exact) mass is 396 g/mol. The summed E-state index contributed by atoms with van der Waals surface area (Å²) in [6.45, 7) is 0. The van der Waals surface area contributed by atoms with Crippen molar-refractivity contribution in [2.75, 3.05) is 28.4 Å². The van der Waals surface area contributed by atoms with Crippen LogP contribution in [-0.2, 0) is 0 Å². The van der Waals surface area contributed by atoms with E-state index in [9.17, 15) is 4.79 Å². The fourth-order valence-electron chi connectivity index (χ4n) is 2.36. The number of methoxy groups -OCH3 is 4. The van der Waals surface area contributed by atoms with Crippen LogP contribution in [0, 0.1) is 0 Å². The Morgan fingerprint density at radius 2 is 1.42 bits per heavy atom. The van der Waals surface area contributed by atoms with Crippen LogP contribution in [0.5, 0.6) is 23.0 Å². The molecule has 0 amide bonds. The molecule has 0 fully saturated rings. The molecular formula is C18H20O5Se. The quantitative estimate of drug-likeness (QED) is 0.532. The zero-order chi connectivity index (χ0) is 17.7. The predicted molar refractivity (Wildman–Crippen MR) is 93.8 cm³/mol. The summed E-state index contributed by atoms with van der Waals surface area (Å²) in [5, 5.41) is 0. The normalized spacial score (nSPS) is 10.2. The molecule has 0 N–H and O–H groups in total. The van der Waals surface area contributed by atoms with Crippen LogP contribution >= 0.6 is 0 Å². The Hall–Kier alpha value is -2.17. The molecule has 128 valence electrons. The van der Waals surface area contributed by atoms with Gasteiger partial charge in [0.25, 0.3) is 0 Å². The van der Waals surface area contributed by atoms with Gasteiger partial charge in [-0.2, -0.15) is 0 Å². The molecule has 0 unspecified atom stereocenters. The van der Waals surface area contributed by atoms with Crippen LogP contribution in [0.15, 0.2) is 30.3 Å². The topological polar surface area (TPSA) is 54.0 Å². The first kappa shape index (κ1) is 18.2. The number of ketones is 1. The van der Waals surface area contributed by atoms with Crippen LogP contribution in [0.2, 0.25) is 5.82 Å². The number of hydrogen-bond donors (Lipinski definition) is 0. The Kier molecular flexibility index (Phi) is 6.12. The van der Waals surface area contributed by atoms with Gasteiger partial charge in [-0.1, -0.05) is 0 Å².